The van der Waals surface area contributed by atoms with Gasteiger partial charge in [0.05, 0.1) is 0 Å². The first-order valence-corrected chi connectivity index (χ1v) is 5.81. The van der Waals surface area contributed by atoms with Crippen molar-refractivity contribution in [2.45, 2.75) is 13.3 Å². The summed E-state index contributed by atoms with van der Waals surface area (Å²) in [5, 5.41) is 14.3. The molecule has 0 heterocycles. The highest BCUT2D eigenvalue weighted by molar-refractivity contribution is 7.80. The van der Waals surface area contributed by atoms with E-state index in [0.717, 1.165) is 5.56 Å². The predicted molar refractivity (Wildman–Crippen MR) is 70.9 cm³/mol. The third kappa shape index (κ3) is 4.50. The lowest BCUT2D eigenvalue weighted by molar-refractivity contribution is 0.0976. The fourth-order valence-electron chi connectivity index (χ4n) is 1.32. The molecule has 1 rings (SSSR count). The number of carbonyl (C=O) groups is 1. The van der Waals surface area contributed by atoms with Gasteiger partial charge >= 0.3 is 0 Å². The lowest BCUT2D eigenvalue weighted by Crippen LogP contribution is -2.40. The first kappa shape index (κ1) is 13.6. The Morgan fingerprint density at radius 3 is 2.76 bits per heavy atom. The molecule has 17 heavy (non-hydrogen) atoms. The minimum Gasteiger partial charge on any atom is -0.396 e. The molecule has 1 aromatic rings. The normalized spacial score (nSPS) is 9.76. The van der Waals surface area contributed by atoms with Crippen LogP contribution in [0.15, 0.2) is 24.3 Å². The molecule has 0 radical (unpaired) electrons. The molecule has 1 aromatic carbocycles. The molecule has 0 aromatic heterocycles. The van der Waals surface area contributed by atoms with Crippen LogP contribution in [-0.2, 0) is 0 Å². The van der Waals surface area contributed by atoms with E-state index in [9.17, 15) is 4.79 Å². The first-order valence-electron chi connectivity index (χ1n) is 5.41. The monoisotopic (exact) mass is 252 g/mol. The van der Waals surface area contributed by atoms with Gasteiger partial charge in [-0.15, -0.1) is 0 Å². The minimum absolute atomic E-state index is 0.0986. The molecule has 0 aliphatic carbocycles. The van der Waals surface area contributed by atoms with Crippen molar-refractivity contribution in [2.24, 2.45) is 0 Å². The number of carbonyl (C=O) groups excluding carboxylic acids is 1. The van der Waals surface area contributed by atoms with Crippen LogP contribution in [-0.4, -0.2) is 29.3 Å². The van der Waals surface area contributed by atoms with E-state index in [-0.39, 0.29) is 17.6 Å². The highest BCUT2D eigenvalue weighted by atomic mass is 32.1. The van der Waals surface area contributed by atoms with Crippen molar-refractivity contribution in [3.63, 3.8) is 0 Å². The van der Waals surface area contributed by atoms with Crippen LogP contribution in [0.25, 0.3) is 0 Å². The summed E-state index contributed by atoms with van der Waals surface area (Å²) in [5.41, 5.74) is 1.52. The Balaban J connectivity index is 2.49. The number of benzene rings is 1. The zero-order valence-corrected chi connectivity index (χ0v) is 10.5. The maximum atomic E-state index is 11.8. The molecule has 1 amide bonds. The molecule has 0 saturated carbocycles. The van der Waals surface area contributed by atoms with Crippen LogP contribution in [0.5, 0.6) is 0 Å². The topological polar surface area (TPSA) is 61.4 Å². The molecule has 4 nitrogen and oxygen atoms in total. The minimum atomic E-state index is -0.218. The van der Waals surface area contributed by atoms with Gasteiger partial charge in [-0.2, -0.15) is 0 Å². The van der Waals surface area contributed by atoms with Crippen molar-refractivity contribution in [3.05, 3.63) is 35.4 Å². The zero-order valence-electron chi connectivity index (χ0n) is 9.69. The van der Waals surface area contributed by atoms with Crippen molar-refractivity contribution in [3.8, 4) is 0 Å². The van der Waals surface area contributed by atoms with E-state index >= 15 is 0 Å². The summed E-state index contributed by atoms with van der Waals surface area (Å²) in [6, 6.07) is 7.31. The van der Waals surface area contributed by atoms with Gasteiger partial charge in [0.1, 0.15) is 0 Å². The molecule has 92 valence electrons. The highest BCUT2D eigenvalue weighted by Gasteiger charge is 2.09. The van der Waals surface area contributed by atoms with Crippen LogP contribution in [0.4, 0.5) is 0 Å². The van der Waals surface area contributed by atoms with Gasteiger partial charge in [0.15, 0.2) is 5.11 Å². The number of aliphatic hydroxyl groups excluding tert-OH is 1. The van der Waals surface area contributed by atoms with Gasteiger partial charge < -0.3 is 10.4 Å². The maximum Gasteiger partial charge on any atom is 0.257 e. The van der Waals surface area contributed by atoms with Crippen molar-refractivity contribution in [1.82, 2.24) is 10.6 Å². The SMILES string of the molecule is Cc1ccccc1C(=O)NC(=S)NCCCO. The summed E-state index contributed by atoms with van der Waals surface area (Å²) in [6.45, 7) is 2.52. The Kier molecular flexibility index (Phi) is 5.59. The fraction of sp³-hybridized carbons (Fsp3) is 0.333. The zero-order chi connectivity index (χ0) is 12.7. The van der Waals surface area contributed by atoms with Crippen LogP contribution in [0.2, 0.25) is 0 Å². The fourth-order valence-corrected chi connectivity index (χ4v) is 1.52. The van der Waals surface area contributed by atoms with E-state index in [1.54, 1.807) is 6.07 Å². The smallest absolute Gasteiger partial charge is 0.257 e. The summed E-state index contributed by atoms with van der Waals surface area (Å²) >= 11 is 4.96. The third-order valence-corrected chi connectivity index (χ3v) is 2.48. The van der Waals surface area contributed by atoms with E-state index in [0.29, 0.717) is 18.5 Å². The summed E-state index contributed by atoms with van der Waals surface area (Å²) in [7, 11) is 0. The van der Waals surface area contributed by atoms with E-state index in [2.05, 4.69) is 10.6 Å². The van der Waals surface area contributed by atoms with Crippen molar-refractivity contribution in [2.75, 3.05) is 13.2 Å². The molecule has 0 aliphatic rings. The average molecular weight is 252 g/mol. The third-order valence-electron chi connectivity index (χ3n) is 2.24. The molecule has 0 unspecified atom stereocenters. The number of hydrogen-bond donors (Lipinski definition) is 3. The van der Waals surface area contributed by atoms with E-state index < -0.39 is 0 Å². The Hall–Kier alpha value is -1.46. The number of aryl methyl sites for hydroxylation is 1. The van der Waals surface area contributed by atoms with Crippen molar-refractivity contribution in [1.29, 1.82) is 0 Å². The number of hydrogen-bond acceptors (Lipinski definition) is 3. The Morgan fingerprint density at radius 2 is 2.12 bits per heavy atom. The second-order valence-corrected chi connectivity index (χ2v) is 4.01. The molecule has 0 bridgehead atoms. The lowest BCUT2D eigenvalue weighted by Gasteiger charge is -2.10. The van der Waals surface area contributed by atoms with E-state index in [1.165, 1.54) is 0 Å². The number of aliphatic hydroxyl groups is 1. The number of rotatable bonds is 4. The quantitative estimate of drug-likeness (QED) is 0.552. The van der Waals surface area contributed by atoms with Crippen LogP contribution < -0.4 is 10.6 Å². The summed E-state index contributed by atoms with van der Waals surface area (Å²) in [6.07, 6.45) is 0.598. The molecular weight excluding hydrogens is 236 g/mol. The Labute approximate surface area is 106 Å². The maximum absolute atomic E-state index is 11.8. The summed E-state index contributed by atoms with van der Waals surface area (Å²) in [4.78, 5) is 11.8. The summed E-state index contributed by atoms with van der Waals surface area (Å²) in [5.74, 6) is -0.218. The lowest BCUT2D eigenvalue weighted by atomic mass is 10.1. The van der Waals surface area contributed by atoms with Gasteiger partial charge in [0, 0.05) is 18.7 Å². The highest BCUT2D eigenvalue weighted by Crippen LogP contribution is 2.06. The number of nitrogens with one attached hydrogen (secondary N) is 2. The van der Waals surface area contributed by atoms with Gasteiger partial charge in [0.25, 0.3) is 5.91 Å². The standard InChI is InChI=1S/C12H16N2O2S/c1-9-5-2-3-6-10(9)11(16)14-12(17)13-7-4-8-15/h2-3,5-6,15H,4,7-8H2,1H3,(H2,13,14,16,17). The second-order valence-electron chi connectivity index (χ2n) is 3.60. The molecule has 5 heteroatoms. The largest absolute Gasteiger partial charge is 0.396 e. The van der Waals surface area contributed by atoms with Gasteiger partial charge in [-0.1, -0.05) is 18.2 Å². The van der Waals surface area contributed by atoms with Crippen LogP contribution in [0.1, 0.15) is 22.3 Å². The van der Waals surface area contributed by atoms with Gasteiger partial charge in [-0.25, -0.2) is 0 Å². The van der Waals surface area contributed by atoms with Gasteiger partial charge in [0.2, 0.25) is 0 Å². The first-order chi connectivity index (χ1) is 8.15. The molecule has 0 atom stereocenters. The van der Waals surface area contributed by atoms with Crippen molar-refractivity contribution < 1.29 is 9.90 Å². The van der Waals surface area contributed by atoms with Crippen LogP contribution >= 0.6 is 12.2 Å². The van der Waals surface area contributed by atoms with Crippen molar-refractivity contribution >= 4 is 23.2 Å². The molecule has 0 aliphatic heterocycles. The van der Waals surface area contributed by atoms with Crippen LogP contribution in [0.3, 0.4) is 0 Å². The Bertz CT molecular complexity index is 407. The molecular formula is C12H16N2O2S. The Morgan fingerprint density at radius 1 is 1.41 bits per heavy atom. The van der Waals surface area contributed by atoms with Gasteiger partial charge in [-0.05, 0) is 37.2 Å². The van der Waals surface area contributed by atoms with Crippen LogP contribution in [0, 0.1) is 6.92 Å². The molecule has 0 fully saturated rings. The number of thiocarbonyl (C=S) groups is 1. The van der Waals surface area contributed by atoms with Gasteiger partial charge in [-0.3, -0.25) is 10.1 Å². The second kappa shape index (κ2) is 6.98. The number of amides is 1. The summed E-state index contributed by atoms with van der Waals surface area (Å²) < 4.78 is 0. The average Bonchev–Trinajstić information content (AvgIpc) is 2.29. The van der Waals surface area contributed by atoms with E-state index in [4.69, 9.17) is 17.3 Å². The molecule has 0 saturated heterocycles. The molecule has 3 N–H and O–H groups in total. The molecule has 0 spiro atoms. The van der Waals surface area contributed by atoms with E-state index in [1.807, 2.05) is 25.1 Å². The predicted octanol–water partition coefficient (Wildman–Crippen LogP) is 0.982.